The van der Waals surface area contributed by atoms with E-state index in [9.17, 15) is 18.0 Å². The number of benzene rings is 2. The second-order valence-corrected chi connectivity index (χ2v) is 9.72. The Bertz CT molecular complexity index is 1120. The normalized spacial score (nSPS) is 15.8. The average Bonchev–Trinajstić information content (AvgIpc) is 3.13. The fourth-order valence-corrected chi connectivity index (χ4v) is 4.31. The lowest BCUT2D eigenvalue weighted by Crippen LogP contribution is -2.41. The summed E-state index contributed by atoms with van der Waals surface area (Å²) in [5.41, 5.74) is 2.79. The number of piperidine rings is 1. The van der Waals surface area contributed by atoms with Crippen molar-refractivity contribution in [1.29, 1.82) is 0 Å². The van der Waals surface area contributed by atoms with E-state index < -0.39 is 12.0 Å². The van der Waals surface area contributed by atoms with E-state index >= 15 is 0 Å². The lowest BCUT2D eigenvalue weighted by Gasteiger charge is -2.32. The number of fused-ring (bicyclic) bond motifs is 1. The van der Waals surface area contributed by atoms with Crippen molar-refractivity contribution in [1.82, 2.24) is 14.5 Å². The predicted molar refractivity (Wildman–Crippen MR) is 123 cm³/mol. The monoisotopic (exact) mass is 458 g/mol. The summed E-state index contributed by atoms with van der Waals surface area (Å²) in [7, 11) is 0. The summed E-state index contributed by atoms with van der Waals surface area (Å²) >= 11 is 0. The maximum atomic E-state index is 13.6. The first-order valence-electron chi connectivity index (χ1n) is 11.2. The van der Waals surface area contributed by atoms with Gasteiger partial charge in [0.1, 0.15) is 0 Å². The first kappa shape index (κ1) is 23.1. The third kappa shape index (κ3) is 5.15. The van der Waals surface area contributed by atoms with E-state index in [-0.39, 0.29) is 23.9 Å². The third-order valence-electron chi connectivity index (χ3n) is 6.25. The molecular formula is C25H29F3N4O. The van der Waals surface area contributed by atoms with Gasteiger partial charge in [0.25, 0.3) is 0 Å². The molecule has 0 aliphatic carbocycles. The second-order valence-electron chi connectivity index (χ2n) is 9.72. The zero-order chi connectivity index (χ0) is 23.8. The summed E-state index contributed by atoms with van der Waals surface area (Å²) in [6.07, 6.45) is -3.23. The van der Waals surface area contributed by atoms with Crippen LogP contribution >= 0.6 is 0 Å². The number of likely N-dealkylation sites (tertiary alicyclic amines) is 1. The molecule has 0 bridgehead atoms. The van der Waals surface area contributed by atoms with Crippen LogP contribution in [0.2, 0.25) is 0 Å². The number of imidazole rings is 1. The number of rotatable bonds is 3. The molecule has 2 aromatic carbocycles. The number of urea groups is 1. The van der Waals surface area contributed by atoms with E-state index in [1.165, 1.54) is 10.1 Å². The first-order valence-corrected chi connectivity index (χ1v) is 11.2. The zero-order valence-electron chi connectivity index (χ0n) is 19.1. The fraction of sp³-hybridized carbons (Fsp3) is 0.440. The summed E-state index contributed by atoms with van der Waals surface area (Å²) in [6.45, 7) is 7.65. The molecule has 0 spiro atoms. The van der Waals surface area contributed by atoms with Gasteiger partial charge >= 0.3 is 12.2 Å². The molecule has 5 nitrogen and oxygen atoms in total. The molecule has 1 aliphatic rings. The van der Waals surface area contributed by atoms with Gasteiger partial charge in [0.05, 0.1) is 11.0 Å². The molecule has 1 N–H and O–H groups in total. The number of halogens is 3. The van der Waals surface area contributed by atoms with Gasteiger partial charge in [-0.1, -0.05) is 45.0 Å². The summed E-state index contributed by atoms with van der Waals surface area (Å²) in [5, 5.41) is 2.93. The number of carbonyl (C=O) groups is 1. The highest BCUT2D eigenvalue weighted by molar-refractivity contribution is 5.89. The highest BCUT2D eigenvalue weighted by Gasteiger charge is 2.38. The lowest BCUT2D eigenvalue weighted by atomic mass is 9.87. The van der Waals surface area contributed by atoms with Crippen LogP contribution in [0.3, 0.4) is 0 Å². The first-order chi connectivity index (χ1) is 15.5. The molecule has 2 amide bonds. The maximum Gasteiger partial charge on any atom is 0.449 e. The van der Waals surface area contributed by atoms with Crippen LogP contribution in [0, 0.1) is 5.92 Å². The average molecular weight is 459 g/mol. The van der Waals surface area contributed by atoms with Crippen LogP contribution in [0.1, 0.15) is 45.0 Å². The van der Waals surface area contributed by atoms with Gasteiger partial charge in [-0.05, 0) is 54.0 Å². The Morgan fingerprint density at radius 2 is 1.67 bits per heavy atom. The van der Waals surface area contributed by atoms with Gasteiger partial charge in [-0.15, -0.1) is 0 Å². The van der Waals surface area contributed by atoms with E-state index in [0.29, 0.717) is 37.0 Å². The molecule has 0 atom stereocenters. The number of nitrogens with one attached hydrogen (secondary N) is 1. The van der Waals surface area contributed by atoms with Crippen LogP contribution in [-0.4, -0.2) is 33.6 Å². The van der Waals surface area contributed by atoms with Gasteiger partial charge in [0.2, 0.25) is 5.82 Å². The van der Waals surface area contributed by atoms with Crippen molar-refractivity contribution in [3.05, 3.63) is 59.9 Å². The van der Waals surface area contributed by atoms with E-state index in [2.05, 4.69) is 31.1 Å². The number of carbonyl (C=O) groups excluding carboxylic acids is 1. The summed E-state index contributed by atoms with van der Waals surface area (Å²) in [4.78, 5) is 18.2. The molecule has 1 aliphatic heterocycles. The van der Waals surface area contributed by atoms with Crippen molar-refractivity contribution < 1.29 is 18.0 Å². The van der Waals surface area contributed by atoms with Crippen LogP contribution in [0.4, 0.5) is 23.7 Å². The van der Waals surface area contributed by atoms with E-state index in [1.54, 1.807) is 29.2 Å². The predicted octanol–water partition coefficient (Wildman–Crippen LogP) is 6.30. The van der Waals surface area contributed by atoms with E-state index in [0.717, 1.165) is 5.69 Å². The number of hydrogen-bond acceptors (Lipinski definition) is 2. The topological polar surface area (TPSA) is 50.2 Å². The molecule has 3 aromatic rings. The Labute approximate surface area is 191 Å². The van der Waals surface area contributed by atoms with Crippen LogP contribution in [-0.2, 0) is 18.1 Å². The number of hydrogen-bond donors (Lipinski definition) is 1. The molecule has 176 valence electrons. The van der Waals surface area contributed by atoms with Crippen LogP contribution in [0.5, 0.6) is 0 Å². The molecule has 8 heteroatoms. The van der Waals surface area contributed by atoms with Crippen molar-refractivity contribution in [3.63, 3.8) is 0 Å². The van der Waals surface area contributed by atoms with Gasteiger partial charge in [0, 0.05) is 25.3 Å². The fourth-order valence-electron chi connectivity index (χ4n) is 4.31. The highest BCUT2D eigenvalue weighted by atomic mass is 19.4. The second kappa shape index (κ2) is 8.72. The molecule has 4 rings (SSSR count). The molecule has 2 heterocycles. The zero-order valence-corrected chi connectivity index (χ0v) is 19.1. The molecule has 0 radical (unpaired) electrons. The van der Waals surface area contributed by atoms with Crippen LogP contribution in [0.15, 0.2) is 48.5 Å². The Morgan fingerprint density at radius 1 is 1.03 bits per heavy atom. The third-order valence-corrected chi connectivity index (χ3v) is 6.25. The lowest BCUT2D eigenvalue weighted by molar-refractivity contribution is -0.147. The van der Waals surface area contributed by atoms with E-state index in [1.807, 2.05) is 24.3 Å². The minimum Gasteiger partial charge on any atom is -0.325 e. The minimum atomic E-state index is -4.51. The van der Waals surface area contributed by atoms with Gasteiger partial charge in [-0.3, -0.25) is 0 Å². The van der Waals surface area contributed by atoms with Crippen molar-refractivity contribution in [3.8, 4) is 0 Å². The Morgan fingerprint density at radius 3 is 2.27 bits per heavy atom. The number of nitrogens with zero attached hydrogens (tertiary/aromatic N) is 3. The SMILES string of the molecule is CC(C)(C)c1ccc(NC(=O)N2CCC(Cn3c(C(F)(F)F)nc4ccccc43)CC2)cc1. The number of amides is 2. The number of alkyl halides is 3. The van der Waals surface area contributed by atoms with Gasteiger partial charge in [-0.2, -0.15) is 13.2 Å². The Hall–Kier alpha value is -3.03. The van der Waals surface area contributed by atoms with Crippen molar-refractivity contribution in [2.75, 3.05) is 18.4 Å². The summed E-state index contributed by atoms with van der Waals surface area (Å²) in [5.74, 6) is -0.818. The molecular weight excluding hydrogens is 429 g/mol. The summed E-state index contributed by atoms with van der Waals surface area (Å²) < 4.78 is 42.0. The van der Waals surface area contributed by atoms with Gasteiger partial charge in [-0.25, -0.2) is 9.78 Å². The highest BCUT2D eigenvalue weighted by Crippen LogP contribution is 2.33. The molecule has 33 heavy (non-hydrogen) atoms. The van der Waals surface area contributed by atoms with Gasteiger partial charge < -0.3 is 14.8 Å². The Balaban J connectivity index is 1.38. The van der Waals surface area contributed by atoms with Crippen LogP contribution < -0.4 is 5.32 Å². The smallest absolute Gasteiger partial charge is 0.325 e. The standard InChI is InChI=1S/C25H29F3N4O/c1-24(2,3)18-8-10-19(11-9-18)29-23(33)31-14-12-17(13-15-31)16-32-21-7-5-4-6-20(21)30-22(32)25(26,27)28/h4-11,17H,12-16H2,1-3H3,(H,29,33). The maximum absolute atomic E-state index is 13.6. The number of anilines is 1. The Kier molecular flexibility index (Phi) is 6.12. The molecule has 0 saturated carbocycles. The number of para-hydroxylation sites is 2. The van der Waals surface area contributed by atoms with E-state index in [4.69, 9.17) is 0 Å². The van der Waals surface area contributed by atoms with Crippen molar-refractivity contribution in [2.24, 2.45) is 5.92 Å². The van der Waals surface area contributed by atoms with Crippen molar-refractivity contribution >= 4 is 22.8 Å². The molecule has 1 aromatic heterocycles. The minimum absolute atomic E-state index is 0.0387. The molecule has 0 unspecified atom stereocenters. The van der Waals surface area contributed by atoms with Crippen molar-refractivity contribution in [2.45, 2.75) is 51.7 Å². The number of aromatic nitrogens is 2. The van der Waals surface area contributed by atoms with Gasteiger partial charge in [0.15, 0.2) is 0 Å². The summed E-state index contributed by atoms with van der Waals surface area (Å²) in [6, 6.07) is 14.3. The molecule has 1 saturated heterocycles. The quantitative estimate of drug-likeness (QED) is 0.501. The van der Waals surface area contributed by atoms with Crippen LogP contribution in [0.25, 0.3) is 11.0 Å². The molecule has 1 fully saturated rings. The largest absolute Gasteiger partial charge is 0.449 e.